The molecule has 0 aliphatic carbocycles. The standard InChI is InChI=1S/Eu.Nd.Pr.Sm. The second-order valence-electron chi connectivity index (χ2n) is 0. The first-order chi connectivity index (χ1) is 0. The maximum atomic E-state index is 0. The van der Waals surface area contributed by atoms with Crippen LogP contribution in [-0.2, 0) is 0 Å². The molecule has 0 bridgehead atoms. The third kappa shape index (κ3) is 10.6. The van der Waals surface area contributed by atoms with Crippen molar-refractivity contribution >= 4 is 0 Å². The number of hydrogen-bond acceptors (Lipinski definition) is 0. The van der Waals surface area contributed by atoms with Gasteiger partial charge in [0.15, 0.2) is 0 Å². The van der Waals surface area contributed by atoms with E-state index in [4.69, 9.17) is 0 Å². The van der Waals surface area contributed by atoms with Crippen LogP contribution in [0, 0.1) is 172 Å². The molecule has 0 aliphatic heterocycles. The monoisotopic (exact) mass is 588 g/mol. The molecule has 0 aromatic carbocycles. The predicted octanol–water partition coefficient (Wildman–Crippen LogP) is 0. The van der Waals surface area contributed by atoms with Crippen molar-refractivity contribution in [2.24, 2.45) is 0 Å². The summed E-state index contributed by atoms with van der Waals surface area (Å²) in [4.78, 5) is 0. The zero-order valence-electron chi connectivity index (χ0n) is 1.86. The van der Waals surface area contributed by atoms with E-state index in [1.54, 1.807) is 0 Å². The van der Waals surface area contributed by atoms with Crippen molar-refractivity contribution in [3.8, 4) is 0 Å². The zero-order valence-corrected chi connectivity index (χ0v) is 13.8. The van der Waals surface area contributed by atoms with Crippen LogP contribution in [0.4, 0.5) is 0 Å². The molecule has 0 saturated heterocycles. The second-order valence-corrected chi connectivity index (χ2v) is 0. The van der Waals surface area contributed by atoms with E-state index in [9.17, 15) is 0 Å². The summed E-state index contributed by atoms with van der Waals surface area (Å²) in [6.45, 7) is 0. The minimum absolute atomic E-state index is 0. The Morgan fingerprint density at radius 2 is 1.00 bits per heavy atom. The fourth-order valence-electron chi connectivity index (χ4n) is 0. The quantitative estimate of drug-likeness (QED) is 0.375. The third-order valence-electron chi connectivity index (χ3n) is 0. The fraction of sp³-hybridized carbons (Fsp3) is 0. The van der Waals surface area contributed by atoms with Gasteiger partial charge < -0.3 is 0 Å². The first-order valence-corrected chi connectivity index (χ1v) is 0. The molecule has 0 aromatic heterocycles. The van der Waals surface area contributed by atoms with Crippen LogP contribution in [0.25, 0.3) is 0 Å². The first kappa shape index (κ1) is 22.6. The molecule has 0 nitrogen and oxygen atoms in total. The van der Waals surface area contributed by atoms with Crippen molar-refractivity contribution in [1.29, 1.82) is 0 Å². The van der Waals surface area contributed by atoms with Crippen LogP contribution in [0.5, 0.6) is 0 Å². The Labute approximate surface area is 166 Å². The van der Waals surface area contributed by atoms with Crippen molar-refractivity contribution in [2.75, 3.05) is 0 Å². The van der Waals surface area contributed by atoms with Crippen LogP contribution in [0.3, 0.4) is 0 Å². The van der Waals surface area contributed by atoms with E-state index in [-0.39, 0.29) is 172 Å². The molecule has 0 atom stereocenters. The molecule has 2 radical (unpaired) electrons. The Morgan fingerprint density at radius 1 is 1.00 bits per heavy atom. The van der Waals surface area contributed by atoms with Gasteiger partial charge in [-0.3, -0.25) is 0 Å². The Morgan fingerprint density at radius 3 is 1.00 bits per heavy atom. The van der Waals surface area contributed by atoms with E-state index in [1.165, 1.54) is 0 Å². The Bertz CT molecular complexity index is 8.00. The molecular weight excluding hydrogens is 587 g/mol. The van der Waals surface area contributed by atoms with Gasteiger partial charge in [-0.2, -0.15) is 0 Å². The predicted molar refractivity (Wildman–Crippen MR) is 0 cm³/mol. The topological polar surface area (TPSA) is 0 Å². The summed E-state index contributed by atoms with van der Waals surface area (Å²) in [5.74, 6) is 0. The van der Waals surface area contributed by atoms with E-state index < -0.39 is 0 Å². The van der Waals surface area contributed by atoms with E-state index in [0.717, 1.165) is 0 Å². The SMILES string of the molecule is [Eu].[Nd].[Pr].[Sm]. The van der Waals surface area contributed by atoms with Gasteiger partial charge in [-0.05, 0) is 0 Å². The smallest absolute Gasteiger partial charge is 0 e. The van der Waals surface area contributed by atoms with E-state index in [0.29, 0.717) is 0 Å². The molecule has 4 heavy (non-hydrogen) atoms. The van der Waals surface area contributed by atoms with Gasteiger partial charge in [0, 0.05) is 172 Å². The second kappa shape index (κ2) is 15.9. The summed E-state index contributed by atoms with van der Waals surface area (Å²) < 4.78 is 0. The minimum atomic E-state index is 0. The number of hydrogen-bond donors (Lipinski definition) is 0. The summed E-state index contributed by atoms with van der Waals surface area (Å²) in [6, 6.07) is 0. The van der Waals surface area contributed by atoms with Gasteiger partial charge in [0.05, 0.1) is 0 Å². The molecule has 0 rings (SSSR count). The third-order valence-corrected chi connectivity index (χ3v) is 0. The molecule has 4 heteroatoms. The molecule has 0 amide bonds. The van der Waals surface area contributed by atoms with Crippen molar-refractivity contribution in [2.45, 2.75) is 0 Å². The van der Waals surface area contributed by atoms with Gasteiger partial charge in [0.25, 0.3) is 0 Å². The van der Waals surface area contributed by atoms with Gasteiger partial charge in [-0.1, -0.05) is 0 Å². The molecule has 0 fully saturated rings. The summed E-state index contributed by atoms with van der Waals surface area (Å²) in [7, 11) is 0. The Kier molecular flexibility index (Phi) is 89.7. The van der Waals surface area contributed by atoms with Crippen molar-refractivity contribution in [1.82, 2.24) is 0 Å². The molecule has 0 aromatic rings. The summed E-state index contributed by atoms with van der Waals surface area (Å²) in [5.41, 5.74) is 0. The average Bonchev–Trinajstić information content (AvgIpc) is 0. The van der Waals surface area contributed by atoms with Crippen LogP contribution in [0.15, 0.2) is 0 Å². The van der Waals surface area contributed by atoms with Crippen LogP contribution < -0.4 is 0 Å². The van der Waals surface area contributed by atoms with Gasteiger partial charge in [0.1, 0.15) is 0 Å². The molecule has 0 heterocycles. The molecule has 0 N–H and O–H groups in total. The number of rotatable bonds is 0. The largest absolute Gasteiger partial charge is 0 e. The zero-order chi connectivity index (χ0) is 0. The first-order valence-electron chi connectivity index (χ1n) is 0. The molecule has 0 saturated carbocycles. The van der Waals surface area contributed by atoms with Crippen molar-refractivity contribution in [3.63, 3.8) is 0 Å². The maximum Gasteiger partial charge on any atom is 0 e. The summed E-state index contributed by atoms with van der Waals surface area (Å²) >= 11 is 0. The minimum Gasteiger partial charge on any atom is 0 e. The van der Waals surface area contributed by atoms with Crippen LogP contribution >= 0.6 is 0 Å². The normalized spacial score (nSPS) is 0. The molecule has 0 spiro atoms. The van der Waals surface area contributed by atoms with Crippen molar-refractivity contribution in [3.05, 3.63) is 0 Å². The van der Waals surface area contributed by atoms with Gasteiger partial charge in [-0.25, -0.2) is 0 Å². The fourth-order valence-corrected chi connectivity index (χ4v) is 0. The van der Waals surface area contributed by atoms with Crippen LogP contribution in [0.1, 0.15) is 0 Å². The van der Waals surface area contributed by atoms with E-state index in [2.05, 4.69) is 0 Å². The maximum absolute atomic E-state index is 0. The molecule has 0 aliphatic rings. The average molecular weight is 587 g/mol. The van der Waals surface area contributed by atoms with E-state index >= 15 is 0 Å². The summed E-state index contributed by atoms with van der Waals surface area (Å²) in [5, 5.41) is 0. The Balaban J connectivity index is 0. The van der Waals surface area contributed by atoms with Crippen LogP contribution in [0.2, 0.25) is 0 Å². The van der Waals surface area contributed by atoms with E-state index in [1.807, 2.05) is 0 Å². The molecular formula is EuNdPrSm. The van der Waals surface area contributed by atoms with Gasteiger partial charge in [0.2, 0.25) is 0 Å². The van der Waals surface area contributed by atoms with Gasteiger partial charge >= 0.3 is 0 Å². The molecule has 0 unspecified atom stereocenters. The van der Waals surface area contributed by atoms with Gasteiger partial charge in [-0.15, -0.1) is 0 Å². The van der Waals surface area contributed by atoms with Crippen LogP contribution in [-0.4, -0.2) is 0 Å². The Hall–Kier alpha value is 5.64. The summed E-state index contributed by atoms with van der Waals surface area (Å²) in [6.07, 6.45) is 0. The van der Waals surface area contributed by atoms with Crippen molar-refractivity contribution < 1.29 is 172 Å². The molecule has 20 valence electrons.